The van der Waals surface area contributed by atoms with Gasteiger partial charge in [0.25, 0.3) is 0 Å². The highest BCUT2D eigenvalue weighted by molar-refractivity contribution is 5.07. The van der Waals surface area contributed by atoms with Gasteiger partial charge in [0.15, 0.2) is 0 Å². The fourth-order valence-corrected chi connectivity index (χ4v) is 2.60. The number of nitrogens with one attached hydrogen (secondary N) is 1. The Morgan fingerprint density at radius 2 is 2.00 bits per heavy atom. The first-order valence-corrected chi connectivity index (χ1v) is 7.75. The Labute approximate surface area is 119 Å². The molecule has 0 heterocycles. The molecule has 1 aliphatic carbocycles. The fraction of sp³-hybridized carbons (Fsp3) is 0.938. The van der Waals surface area contributed by atoms with E-state index in [2.05, 4.69) is 44.1 Å². The van der Waals surface area contributed by atoms with Gasteiger partial charge in [-0.1, -0.05) is 13.8 Å². The molecule has 1 fully saturated rings. The molecule has 0 spiro atoms. The number of nitriles is 1. The third-order valence-corrected chi connectivity index (χ3v) is 4.10. The molecule has 0 aliphatic heterocycles. The molecule has 3 nitrogen and oxygen atoms in total. The maximum absolute atomic E-state index is 9.33. The van der Waals surface area contributed by atoms with Crippen LogP contribution >= 0.6 is 0 Å². The summed E-state index contributed by atoms with van der Waals surface area (Å²) in [5, 5.41) is 12.8. The Morgan fingerprint density at radius 3 is 2.47 bits per heavy atom. The Kier molecular flexibility index (Phi) is 6.29. The maximum Gasteiger partial charge on any atom is 0.104 e. The minimum absolute atomic E-state index is 0.330. The van der Waals surface area contributed by atoms with Crippen LogP contribution in [0.2, 0.25) is 0 Å². The van der Waals surface area contributed by atoms with Crippen molar-refractivity contribution < 1.29 is 0 Å². The minimum Gasteiger partial charge on any atom is -0.304 e. The molecule has 2 unspecified atom stereocenters. The van der Waals surface area contributed by atoms with E-state index in [-0.39, 0.29) is 5.54 Å². The molecular formula is C16H31N3. The average molecular weight is 265 g/mol. The number of hydrogen-bond donors (Lipinski definition) is 1. The van der Waals surface area contributed by atoms with Crippen molar-refractivity contribution in [2.75, 3.05) is 13.6 Å². The molecule has 1 N–H and O–H groups in total. The standard InChI is InChI=1S/C16H31N3/c1-13(2)11-14(3)19(5)10-6-9-16(4,12-17)18-15-7-8-15/h13-15,18H,6-11H2,1-5H3. The average Bonchev–Trinajstić information content (AvgIpc) is 3.11. The Morgan fingerprint density at radius 1 is 1.37 bits per heavy atom. The van der Waals surface area contributed by atoms with Gasteiger partial charge in [0.2, 0.25) is 0 Å². The van der Waals surface area contributed by atoms with Crippen LogP contribution in [-0.4, -0.2) is 36.1 Å². The summed E-state index contributed by atoms with van der Waals surface area (Å²) in [6, 6.07) is 3.68. The lowest BCUT2D eigenvalue weighted by molar-refractivity contribution is 0.218. The van der Waals surface area contributed by atoms with Gasteiger partial charge in [-0.15, -0.1) is 0 Å². The summed E-state index contributed by atoms with van der Waals surface area (Å²) in [6.07, 6.45) is 5.75. The largest absolute Gasteiger partial charge is 0.304 e. The molecule has 1 aliphatic rings. The van der Waals surface area contributed by atoms with Gasteiger partial charge in [-0.25, -0.2) is 0 Å². The van der Waals surface area contributed by atoms with Crippen molar-refractivity contribution in [1.82, 2.24) is 10.2 Å². The maximum atomic E-state index is 9.33. The molecule has 0 saturated heterocycles. The van der Waals surface area contributed by atoms with Gasteiger partial charge < -0.3 is 4.90 Å². The molecule has 110 valence electrons. The van der Waals surface area contributed by atoms with Gasteiger partial charge >= 0.3 is 0 Å². The Balaban J connectivity index is 2.25. The van der Waals surface area contributed by atoms with E-state index in [4.69, 9.17) is 0 Å². The summed E-state index contributed by atoms with van der Waals surface area (Å²) < 4.78 is 0. The molecule has 3 heteroatoms. The van der Waals surface area contributed by atoms with E-state index in [0.717, 1.165) is 25.3 Å². The zero-order valence-corrected chi connectivity index (χ0v) is 13.4. The second-order valence-corrected chi connectivity index (χ2v) is 6.93. The van der Waals surface area contributed by atoms with E-state index < -0.39 is 0 Å². The van der Waals surface area contributed by atoms with E-state index in [1.165, 1.54) is 19.3 Å². The molecule has 0 aromatic heterocycles. The van der Waals surface area contributed by atoms with Crippen LogP contribution in [0.4, 0.5) is 0 Å². The van der Waals surface area contributed by atoms with Crippen LogP contribution in [0.25, 0.3) is 0 Å². The number of nitrogens with zero attached hydrogens (tertiary/aromatic N) is 2. The highest BCUT2D eigenvalue weighted by Crippen LogP contribution is 2.24. The van der Waals surface area contributed by atoms with Gasteiger partial charge in [0.05, 0.1) is 6.07 Å². The smallest absolute Gasteiger partial charge is 0.104 e. The van der Waals surface area contributed by atoms with E-state index in [1.54, 1.807) is 0 Å². The minimum atomic E-state index is -0.330. The summed E-state index contributed by atoms with van der Waals surface area (Å²) in [6.45, 7) is 9.97. The lowest BCUT2D eigenvalue weighted by Crippen LogP contribution is -2.43. The van der Waals surface area contributed by atoms with Gasteiger partial charge in [0, 0.05) is 12.1 Å². The van der Waals surface area contributed by atoms with Crippen molar-refractivity contribution in [2.24, 2.45) is 5.92 Å². The number of rotatable bonds is 9. The van der Waals surface area contributed by atoms with Crippen LogP contribution in [0.5, 0.6) is 0 Å². The molecule has 1 rings (SSSR count). The second-order valence-electron chi connectivity index (χ2n) is 6.93. The fourth-order valence-electron chi connectivity index (χ4n) is 2.60. The van der Waals surface area contributed by atoms with Crippen molar-refractivity contribution >= 4 is 0 Å². The zero-order chi connectivity index (χ0) is 14.5. The predicted octanol–water partition coefficient (Wildman–Crippen LogP) is 3.17. The summed E-state index contributed by atoms with van der Waals surface area (Å²) in [4.78, 5) is 2.43. The van der Waals surface area contributed by atoms with E-state index in [1.807, 2.05) is 6.92 Å². The third-order valence-electron chi connectivity index (χ3n) is 4.10. The molecule has 0 amide bonds. The first-order valence-electron chi connectivity index (χ1n) is 7.75. The number of hydrogen-bond acceptors (Lipinski definition) is 3. The summed E-state index contributed by atoms with van der Waals surface area (Å²) in [7, 11) is 2.20. The molecule has 2 atom stereocenters. The Hall–Kier alpha value is -0.590. The van der Waals surface area contributed by atoms with Crippen LogP contribution < -0.4 is 5.32 Å². The topological polar surface area (TPSA) is 39.1 Å². The normalized spacial score (nSPS) is 20.3. The van der Waals surface area contributed by atoms with Crippen molar-refractivity contribution in [3.8, 4) is 6.07 Å². The molecule has 0 radical (unpaired) electrons. The van der Waals surface area contributed by atoms with Gasteiger partial charge in [-0.05, 0) is 65.5 Å². The molecule has 0 aromatic carbocycles. The van der Waals surface area contributed by atoms with Crippen molar-refractivity contribution in [3.63, 3.8) is 0 Å². The molecule has 1 saturated carbocycles. The highest BCUT2D eigenvalue weighted by Gasteiger charge is 2.32. The molecule has 0 aromatic rings. The molecular weight excluding hydrogens is 234 g/mol. The predicted molar refractivity (Wildman–Crippen MR) is 81.0 cm³/mol. The SMILES string of the molecule is CC(C)CC(C)N(C)CCCC(C)(C#N)NC1CC1. The van der Waals surface area contributed by atoms with E-state index in [9.17, 15) is 5.26 Å². The lowest BCUT2D eigenvalue weighted by atomic mass is 9.97. The third kappa shape index (κ3) is 6.40. The monoisotopic (exact) mass is 265 g/mol. The van der Waals surface area contributed by atoms with Crippen LogP contribution in [-0.2, 0) is 0 Å². The first-order chi connectivity index (χ1) is 8.86. The summed E-state index contributed by atoms with van der Waals surface area (Å²) >= 11 is 0. The lowest BCUT2D eigenvalue weighted by Gasteiger charge is -2.28. The van der Waals surface area contributed by atoms with Gasteiger partial charge in [-0.2, -0.15) is 5.26 Å². The quantitative estimate of drug-likeness (QED) is 0.696. The van der Waals surface area contributed by atoms with Crippen LogP contribution in [0.1, 0.15) is 59.8 Å². The van der Waals surface area contributed by atoms with Crippen molar-refractivity contribution in [3.05, 3.63) is 0 Å². The van der Waals surface area contributed by atoms with Crippen LogP contribution in [0, 0.1) is 17.2 Å². The van der Waals surface area contributed by atoms with E-state index in [0.29, 0.717) is 12.1 Å². The first kappa shape index (κ1) is 16.5. The van der Waals surface area contributed by atoms with E-state index >= 15 is 0 Å². The van der Waals surface area contributed by atoms with Gasteiger partial charge in [-0.3, -0.25) is 5.32 Å². The zero-order valence-electron chi connectivity index (χ0n) is 13.4. The van der Waals surface area contributed by atoms with Crippen LogP contribution in [0.3, 0.4) is 0 Å². The Bertz CT molecular complexity index is 304. The molecule has 19 heavy (non-hydrogen) atoms. The van der Waals surface area contributed by atoms with Crippen LogP contribution in [0.15, 0.2) is 0 Å². The summed E-state index contributed by atoms with van der Waals surface area (Å²) in [5.41, 5.74) is -0.330. The summed E-state index contributed by atoms with van der Waals surface area (Å²) in [5.74, 6) is 0.748. The second kappa shape index (κ2) is 7.26. The van der Waals surface area contributed by atoms with Gasteiger partial charge in [0.1, 0.15) is 5.54 Å². The molecule has 0 bridgehead atoms. The van der Waals surface area contributed by atoms with Crippen molar-refractivity contribution in [2.45, 2.75) is 77.4 Å². The highest BCUT2D eigenvalue weighted by atomic mass is 15.1. The van der Waals surface area contributed by atoms with Crippen molar-refractivity contribution in [1.29, 1.82) is 5.26 Å².